The normalized spacial score (nSPS) is 10.9. The van der Waals surface area contributed by atoms with Gasteiger partial charge in [0.2, 0.25) is 0 Å². The van der Waals surface area contributed by atoms with Crippen LogP contribution in [0.25, 0.3) is 11.2 Å². The first kappa shape index (κ1) is 12.9. The van der Waals surface area contributed by atoms with Gasteiger partial charge in [-0.15, -0.1) is 0 Å². The first-order valence-electron chi connectivity index (χ1n) is 5.96. The Morgan fingerprint density at radius 3 is 3.05 bits per heavy atom. The summed E-state index contributed by atoms with van der Waals surface area (Å²) in [5.74, 6) is 0.283. The highest BCUT2D eigenvalue weighted by Gasteiger charge is 2.12. The SMILES string of the molecule is COc1ccc(Br)cc1Cn1c(=O)oc2cccnc21. The number of hydrogen-bond donors (Lipinski definition) is 0. The standard InChI is InChI=1S/C14H11BrN2O3/c1-19-11-5-4-10(15)7-9(11)8-17-13-12(20-14(17)18)3-2-6-16-13/h2-7H,8H2,1H3. The fraction of sp³-hybridized carbons (Fsp3) is 0.143. The summed E-state index contributed by atoms with van der Waals surface area (Å²) >= 11 is 3.42. The van der Waals surface area contributed by atoms with Crippen molar-refractivity contribution in [3.05, 3.63) is 57.1 Å². The number of halogens is 1. The van der Waals surface area contributed by atoms with Gasteiger partial charge in [-0.1, -0.05) is 15.9 Å². The smallest absolute Gasteiger partial charge is 0.421 e. The highest BCUT2D eigenvalue weighted by molar-refractivity contribution is 9.10. The lowest BCUT2D eigenvalue weighted by atomic mass is 10.2. The van der Waals surface area contributed by atoms with E-state index in [2.05, 4.69) is 20.9 Å². The maximum absolute atomic E-state index is 11.9. The van der Waals surface area contributed by atoms with Crippen molar-refractivity contribution in [2.24, 2.45) is 0 Å². The number of rotatable bonds is 3. The molecular weight excluding hydrogens is 324 g/mol. The van der Waals surface area contributed by atoms with Crippen molar-refractivity contribution in [1.82, 2.24) is 9.55 Å². The summed E-state index contributed by atoms with van der Waals surface area (Å²) in [5.41, 5.74) is 1.88. The largest absolute Gasteiger partial charge is 0.496 e. The van der Waals surface area contributed by atoms with Crippen molar-refractivity contribution in [2.45, 2.75) is 6.54 Å². The van der Waals surface area contributed by atoms with Gasteiger partial charge < -0.3 is 9.15 Å². The van der Waals surface area contributed by atoms with Crippen LogP contribution in [0.15, 0.2) is 50.2 Å². The Bertz CT molecular complexity index is 823. The zero-order valence-corrected chi connectivity index (χ0v) is 12.3. The van der Waals surface area contributed by atoms with E-state index in [0.29, 0.717) is 23.5 Å². The predicted molar refractivity (Wildman–Crippen MR) is 78.1 cm³/mol. The molecule has 20 heavy (non-hydrogen) atoms. The molecule has 3 rings (SSSR count). The summed E-state index contributed by atoms with van der Waals surface area (Å²) in [6, 6.07) is 9.09. The lowest BCUT2D eigenvalue weighted by Gasteiger charge is -2.09. The number of hydrogen-bond acceptors (Lipinski definition) is 4. The number of oxazole rings is 1. The van der Waals surface area contributed by atoms with Gasteiger partial charge in [0, 0.05) is 16.2 Å². The fourth-order valence-electron chi connectivity index (χ4n) is 2.08. The Balaban J connectivity index is 2.12. The lowest BCUT2D eigenvalue weighted by molar-refractivity contribution is 0.407. The molecule has 0 bridgehead atoms. The first-order valence-corrected chi connectivity index (χ1v) is 6.75. The second kappa shape index (κ2) is 5.13. The number of ether oxygens (including phenoxy) is 1. The van der Waals surface area contributed by atoms with E-state index >= 15 is 0 Å². The van der Waals surface area contributed by atoms with Gasteiger partial charge in [-0.25, -0.2) is 9.78 Å². The van der Waals surface area contributed by atoms with Crippen LogP contribution in [0.5, 0.6) is 5.75 Å². The number of aromatic nitrogens is 2. The molecule has 6 heteroatoms. The van der Waals surface area contributed by atoms with Crippen LogP contribution < -0.4 is 10.5 Å². The average molecular weight is 335 g/mol. The molecule has 0 unspecified atom stereocenters. The van der Waals surface area contributed by atoms with Gasteiger partial charge in [-0.2, -0.15) is 0 Å². The van der Waals surface area contributed by atoms with Crippen LogP contribution in [0.1, 0.15) is 5.56 Å². The molecule has 0 aliphatic rings. The highest BCUT2D eigenvalue weighted by atomic mass is 79.9. The van der Waals surface area contributed by atoms with Crippen LogP contribution in [-0.2, 0) is 6.54 Å². The van der Waals surface area contributed by atoms with E-state index in [1.54, 1.807) is 25.4 Å². The summed E-state index contributed by atoms with van der Waals surface area (Å²) in [6.07, 6.45) is 1.63. The molecule has 102 valence electrons. The Labute approximate surface area is 122 Å². The molecule has 0 aliphatic carbocycles. The minimum Gasteiger partial charge on any atom is -0.496 e. The Hall–Kier alpha value is -2.08. The summed E-state index contributed by atoms with van der Waals surface area (Å²) in [4.78, 5) is 16.1. The Morgan fingerprint density at radius 1 is 1.40 bits per heavy atom. The molecule has 5 nitrogen and oxygen atoms in total. The van der Waals surface area contributed by atoms with E-state index < -0.39 is 5.76 Å². The van der Waals surface area contributed by atoms with E-state index in [1.807, 2.05) is 18.2 Å². The van der Waals surface area contributed by atoms with Crippen LogP contribution in [-0.4, -0.2) is 16.7 Å². The molecule has 1 aromatic carbocycles. The minimum atomic E-state index is -0.430. The van der Waals surface area contributed by atoms with E-state index in [1.165, 1.54) is 4.57 Å². The molecule has 0 spiro atoms. The quantitative estimate of drug-likeness (QED) is 0.739. The summed E-state index contributed by atoms with van der Waals surface area (Å²) in [5, 5.41) is 0. The van der Waals surface area contributed by atoms with Crippen LogP contribution >= 0.6 is 15.9 Å². The van der Waals surface area contributed by atoms with Crippen LogP contribution in [0.3, 0.4) is 0 Å². The molecule has 0 saturated heterocycles. The minimum absolute atomic E-state index is 0.339. The zero-order valence-electron chi connectivity index (χ0n) is 10.7. The van der Waals surface area contributed by atoms with E-state index in [9.17, 15) is 4.79 Å². The average Bonchev–Trinajstić information content (AvgIpc) is 2.76. The van der Waals surface area contributed by atoms with Gasteiger partial charge in [0.25, 0.3) is 0 Å². The maximum Gasteiger partial charge on any atom is 0.421 e. The molecule has 0 aliphatic heterocycles. The number of nitrogens with zero attached hydrogens (tertiary/aromatic N) is 2. The Kier molecular flexibility index (Phi) is 3.31. The van der Waals surface area contributed by atoms with Crippen LogP contribution in [0.2, 0.25) is 0 Å². The third-order valence-corrected chi connectivity index (χ3v) is 3.49. The monoisotopic (exact) mass is 334 g/mol. The molecular formula is C14H11BrN2O3. The molecule has 0 N–H and O–H groups in total. The van der Waals surface area contributed by atoms with Crippen molar-refractivity contribution in [2.75, 3.05) is 7.11 Å². The molecule has 0 radical (unpaired) electrons. The van der Waals surface area contributed by atoms with Crippen molar-refractivity contribution in [3.63, 3.8) is 0 Å². The highest BCUT2D eigenvalue weighted by Crippen LogP contribution is 2.24. The first-order chi connectivity index (χ1) is 9.69. The van der Waals surface area contributed by atoms with Crippen LogP contribution in [0, 0.1) is 0 Å². The predicted octanol–water partition coefficient (Wildman–Crippen LogP) is 2.81. The summed E-state index contributed by atoms with van der Waals surface area (Å²) < 4.78 is 12.9. The van der Waals surface area contributed by atoms with E-state index in [4.69, 9.17) is 9.15 Å². The topological polar surface area (TPSA) is 57.3 Å². The van der Waals surface area contributed by atoms with Gasteiger partial charge in [0.1, 0.15) is 5.75 Å². The second-order valence-corrected chi connectivity index (χ2v) is 5.15. The molecule has 3 aromatic rings. The van der Waals surface area contributed by atoms with Crippen molar-refractivity contribution >= 4 is 27.2 Å². The maximum atomic E-state index is 11.9. The third kappa shape index (κ3) is 2.22. The molecule has 2 heterocycles. The molecule has 0 fully saturated rings. The number of pyridine rings is 1. The van der Waals surface area contributed by atoms with Gasteiger partial charge in [-0.05, 0) is 30.3 Å². The van der Waals surface area contributed by atoms with Gasteiger partial charge in [-0.3, -0.25) is 4.57 Å². The van der Waals surface area contributed by atoms with E-state index in [0.717, 1.165) is 10.0 Å². The van der Waals surface area contributed by atoms with Gasteiger partial charge in [0.05, 0.1) is 13.7 Å². The third-order valence-electron chi connectivity index (χ3n) is 3.00. The van der Waals surface area contributed by atoms with Crippen molar-refractivity contribution in [1.29, 1.82) is 0 Å². The number of benzene rings is 1. The number of fused-ring (bicyclic) bond motifs is 1. The van der Waals surface area contributed by atoms with Crippen molar-refractivity contribution < 1.29 is 9.15 Å². The summed E-state index contributed by atoms with van der Waals surface area (Å²) in [7, 11) is 1.60. The zero-order chi connectivity index (χ0) is 14.1. The number of methoxy groups -OCH3 is 1. The lowest BCUT2D eigenvalue weighted by Crippen LogP contribution is -2.15. The van der Waals surface area contributed by atoms with Gasteiger partial charge >= 0.3 is 5.76 Å². The molecule has 0 atom stereocenters. The molecule has 2 aromatic heterocycles. The molecule has 0 saturated carbocycles. The van der Waals surface area contributed by atoms with Crippen LogP contribution in [0.4, 0.5) is 0 Å². The summed E-state index contributed by atoms with van der Waals surface area (Å²) in [6.45, 7) is 0.339. The van der Waals surface area contributed by atoms with Gasteiger partial charge in [0.15, 0.2) is 11.2 Å². The Morgan fingerprint density at radius 2 is 2.25 bits per heavy atom. The van der Waals surface area contributed by atoms with E-state index in [-0.39, 0.29) is 0 Å². The van der Waals surface area contributed by atoms with Crippen molar-refractivity contribution in [3.8, 4) is 5.75 Å². The fourth-order valence-corrected chi connectivity index (χ4v) is 2.49. The molecule has 0 amide bonds. The second-order valence-electron chi connectivity index (χ2n) is 4.24.